The fraction of sp³-hybridized carbons (Fsp3) is 0.0909. The molecule has 2 aromatic heterocycles. The Labute approximate surface area is 91.4 Å². The highest BCUT2D eigenvalue weighted by Gasteiger charge is 2.06. The highest BCUT2D eigenvalue weighted by Crippen LogP contribution is 2.24. The average Bonchev–Trinajstić information content (AvgIpc) is 2.86. The van der Waals surface area contributed by atoms with Gasteiger partial charge >= 0.3 is 0 Å². The minimum atomic E-state index is 0.321. The van der Waals surface area contributed by atoms with Crippen LogP contribution in [0.3, 0.4) is 0 Å². The lowest BCUT2D eigenvalue weighted by molar-refractivity contribution is 0.439. The van der Waals surface area contributed by atoms with Crippen LogP contribution in [-0.2, 0) is 7.05 Å². The van der Waals surface area contributed by atoms with Gasteiger partial charge in [-0.2, -0.15) is 5.10 Å². The molecule has 80 valence electrons. The normalized spacial score (nSPS) is 11.1. The molecule has 0 aliphatic rings. The van der Waals surface area contributed by atoms with Gasteiger partial charge in [-0.15, -0.1) is 0 Å². The van der Waals surface area contributed by atoms with Crippen molar-refractivity contribution in [3.63, 3.8) is 0 Å². The van der Waals surface area contributed by atoms with Gasteiger partial charge in [0, 0.05) is 24.1 Å². The number of aryl methyl sites for hydroxylation is 1. The number of benzene rings is 1. The highest BCUT2D eigenvalue weighted by molar-refractivity contribution is 5.83. The van der Waals surface area contributed by atoms with Crippen LogP contribution >= 0.6 is 0 Å². The minimum Gasteiger partial charge on any atom is -0.368 e. The summed E-state index contributed by atoms with van der Waals surface area (Å²) in [4.78, 5) is 0. The molecule has 3 aromatic rings. The lowest BCUT2D eigenvalue weighted by atomic mass is 10.1. The van der Waals surface area contributed by atoms with Gasteiger partial charge in [-0.25, -0.2) is 0 Å². The number of rotatable bonds is 1. The van der Waals surface area contributed by atoms with Crippen LogP contribution in [0.15, 0.2) is 35.0 Å². The molecular formula is C11H10N4O. The average molecular weight is 214 g/mol. The molecule has 0 aliphatic carbocycles. The summed E-state index contributed by atoms with van der Waals surface area (Å²) in [6.45, 7) is 0. The number of hydrogen-bond donors (Lipinski definition) is 1. The molecule has 0 unspecified atom stereocenters. The van der Waals surface area contributed by atoms with Crippen LogP contribution < -0.4 is 5.73 Å². The molecule has 0 amide bonds. The molecule has 0 saturated heterocycles. The minimum absolute atomic E-state index is 0.321. The summed E-state index contributed by atoms with van der Waals surface area (Å²) >= 11 is 0. The topological polar surface area (TPSA) is 69.9 Å². The Balaban J connectivity index is 2.18. The molecule has 5 nitrogen and oxygen atoms in total. The summed E-state index contributed by atoms with van der Waals surface area (Å²) in [5.74, 6) is 0.321. The van der Waals surface area contributed by atoms with Gasteiger partial charge in [-0.1, -0.05) is 11.2 Å². The van der Waals surface area contributed by atoms with Crippen LogP contribution in [0, 0.1) is 0 Å². The van der Waals surface area contributed by atoms with Crippen molar-refractivity contribution in [1.82, 2.24) is 14.9 Å². The molecule has 0 aliphatic heterocycles. The number of nitrogen functional groups attached to an aromatic ring is 1. The molecule has 0 saturated carbocycles. The molecule has 0 atom stereocenters. The van der Waals surface area contributed by atoms with Gasteiger partial charge in [0.25, 0.3) is 0 Å². The van der Waals surface area contributed by atoms with Crippen molar-refractivity contribution in [1.29, 1.82) is 0 Å². The fourth-order valence-corrected chi connectivity index (χ4v) is 1.75. The van der Waals surface area contributed by atoms with E-state index in [9.17, 15) is 0 Å². The van der Waals surface area contributed by atoms with E-state index in [0.29, 0.717) is 5.88 Å². The van der Waals surface area contributed by atoms with E-state index >= 15 is 0 Å². The van der Waals surface area contributed by atoms with Crippen molar-refractivity contribution in [3.05, 3.63) is 30.5 Å². The largest absolute Gasteiger partial charge is 0.368 e. The molecule has 2 N–H and O–H groups in total. The van der Waals surface area contributed by atoms with Gasteiger partial charge in [-0.3, -0.25) is 4.68 Å². The number of aromatic nitrogens is 3. The Morgan fingerprint density at radius 2 is 2.19 bits per heavy atom. The summed E-state index contributed by atoms with van der Waals surface area (Å²) in [6.07, 6.45) is 1.82. The molecule has 1 aromatic carbocycles. The molecule has 16 heavy (non-hydrogen) atoms. The molecule has 5 heteroatoms. The monoisotopic (exact) mass is 214 g/mol. The standard InChI is InChI=1S/C11H10N4O/c1-15-10-3-2-7(4-8(10)6-13-15)9-5-11(12)16-14-9/h2-6H,12H2,1H3. The van der Waals surface area contributed by atoms with Gasteiger partial charge in [0.2, 0.25) is 5.88 Å². The number of nitrogens with two attached hydrogens (primary N) is 1. The molecule has 3 rings (SSSR count). The number of fused-ring (bicyclic) bond motifs is 1. The molecule has 2 heterocycles. The third-order valence-electron chi connectivity index (χ3n) is 2.57. The van der Waals surface area contributed by atoms with Crippen LogP contribution in [0.2, 0.25) is 0 Å². The molecule has 0 radical (unpaired) electrons. The summed E-state index contributed by atoms with van der Waals surface area (Å²) in [5, 5.41) is 9.13. The van der Waals surface area contributed by atoms with Crippen molar-refractivity contribution < 1.29 is 4.52 Å². The van der Waals surface area contributed by atoms with E-state index in [1.54, 1.807) is 6.07 Å². The number of nitrogens with zero attached hydrogens (tertiary/aromatic N) is 3. The van der Waals surface area contributed by atoms with E-state index in [-0.39, 0.29) is 0 Å². The van der Waals surface area contributed by atoms with Gasteiger partial charge in [0.1, 0.15) is 5.69 Å². The van der Waals surface area contributed by atoms with Crippen molar-refractivity contribution >= 4 is 16.8 Å². The van der Waals surface area contributed by atoms with Crippen molar-refractivity contribution in [2.24, 2.45) is 7.05 Å². The molecule has 0 fully saturated rings. The predicted molar refractivity (Wildman–Crippen MR) is 60.6 cm³/mol. The first-order chi connectivity index (χ1) is 7.74. The van der Waals surface area contributed by atoms with Gasteiger partial charge < -0.3 is 10.3 Å². The third kappa shape index (κ3) is 1.25. The van der Waals surface area contributed by atoms with Crippen LogP contribution in [0.25, 0.3) is 22.2 Å². The van der Waals surface area contributed by atoms with Crippen LogP contribution in [0.1, 0.15) is 0 Å². The first kappa shape index (κ1) is 8.96. The zero-order valence-electron chi connectivity index (χ0n) is 8.71. The zero-order chi connectivity index (χ0) is 11.1. The SMILES string of the molecule is Cn1ncc2cc(-c3cc(N)on3)ccc21. The van der Waals surface area contributed by atoms with Crippen LogP contribution in [0.4, 0.5) is 5.88 Å². The Kier molecular flexibility index (Phi) is 1.73. The first-order valence-electron chi connectivity index (χ1n) is 4.88. The van der Waals surface area contributed by atoms with Crippen LogP contribution in [-0.4, -0.2) is 14.9 Å². The van der Waals surface area contributed by atoms with Gasteiger partial charge in [-0.05, 0) is 12.1 Å². The summed E-state index contributed by atoms with van der Waals surface area (Å²) in [7, 11) is 1.91. The second kappa shape index (κ2) is 3.10. The Bertz CT molecular complexity index is 653. The third-order valence-corrected chi connectivity index (χ3v) is 2.57. The molecule has 0 spiro atoms. The lowest BCUT2D eigenvalue weighted by Gasteiger charge is -1.97. The summed E-state index contributed by atoms with van der Waals surface area (Å²) in [5.41, 5.74) is 8.28. The number of hydrogen-bond acceptors (Lipinski definition) is 4. The van der Waals surface area contributed by atoms with Crippen LogP contribution in [0.5, 0.6) is 0 Å². The van der Waals surface area contributed by atoms with E-state index in [0.717, 1.165) is 22.2 Å². The summed E-state index contributed by atoms with van der Waals surface area (Å²) in [6, 6.07) is 7.70. The maximum Gasteiger partial charge on any atom is 0.222 e. The predicted octanol–water partition coefficient (Wildman–Crippen LogP) is 1.81. The second-order valence-corrected chi connectivity index (χ2v) is 3.66. The molecule has 0 bridgehead atoms. The number of anilines is 1. The smallest absolute Gasteiger partial charge is 0.222 e. The maximum absolute atomic E-state index is 5.49. The maximum atomic E-state index is 5.49. The Morgan fingerprint density at radius 3 is 2.94 bits per heavy atom. The van der Waals surface area contributed by atoms with Gasteiger partial charge in [0.15, 0.2) is 0 Å². The van der Waals surface area contributed by atoms with E-state index in [2.05, 4.69) is 10.3 Å². The van der Waals surface area contributed by atoms with E-state index in [1.807, 2.05) is 36.1 Å². The van der Waals surface area contributed by atoms with E-state index < -0.39 is 0 Å². The van der Waals surface area contributed by atoms with Gasteiger partial charge in [0.05, 0.1) is 11.7 Å². The lowest BCUT2D eigenvalue weighted by Crippen LogP contribution is -1.88. The second-order valence-electron chi connectivity index (χ2n) is 3.66. The Morgan fingerprint density at radius 1 is 1.31 bits per heavy atom. The van der Waals surface area contributed by atoms with E-state index in [1.165, 1.54) is 0 Å². The quantitative estimate of drug-likeness (QED) is 0.670. The molecular weight excluding hydrogens is 204 g/mol. The first-order valence-corrected chi connectivity index (χ1v) is 4.88. The summed E-state index contributed by atoms with van der Waals surface area (Å²) < 4.78 is 6.67. The zero-order valence-corrected chi connectivity index (χ0v) is 8.71. The van der Waals surface area contributed by atoms with Crippen molar-refractivity contribution in [3.8, 4) is 11.3 Å². The van der Waals surface area contributed by atoms with Crippen molar-refractivity contribution in [2.45, 2.75) is 0 Å². The highest BCUT2D eigenvalue weighted by atomic mass is 16.5. The van der Waals surface area contributed by atoms with E-state index in [4.69, 9.17) is 10.3 Å². The fourth-order valence-electron chi connectivity index (χ4n) is 1.75. The van der Waals surface area contributed by atoms with Crippen molar-refractivity contribution in [2.75, 3.05) is 5.73 Å². The Hall–Kier alpha value is -2.30.